The van der Waals surface area contributed by atoms with Crippen molar-refractivity contribution in [2.45, 2.75) is 113 Å². The van der Waals surface area contributed by atoms with Crippen molar-refractivity contribution in [3.63, 3.8) is 0 Å². The molecule has 0 aromatic heterocycles. The Hall–Kier alpha value is -2.41. The van der Waals surface area contributed by atoms with Crippen LogP contribution in [0.2, 0.25) is 0 Å². The molecule has 4 nitrogen and oxygen atoms in total. The number of carbonyl (C=O) groups is 1. The minimum absolute atomic E-state index is 0.0799. The van der Waals surface area contributed by atoms with Gasteiger partial charge in [0.25, 0.3) is 10.1 Å². The normalized spacial score (nSPS) is 21.5. The Kier molecular flexibility index (Phi) is 10.4. The highest BCUT2D eigenvalue weighted by atomic mass is 32.3. The first-order valence-corrected chi connectivity index (χ1v) is 19.8. The molecule has 0 heterocycles. The summed E-state index contributed by atoms with van der Waals surface area (Å²) in [5, 5.41) is 0. The Morgan fingerprint density at radius 3 is 1.75 bits per heavy atom. The summed E-state index contributed by atoms with van der Waals surface area (Å²) in [7, 11) is -6.80. The first-order chi connectivity index (χ1) is 21.1. The molecule has 5 rings (SSSR count). The van der Waals surface area contributed by atoms with E-state index in [1.807, 2.05) is 60.7 Å². The molecule has 0 amide bonds. The monoisotopic (exact) mass is 634 g/mol. The summed E-state index contributed by atoms with van der Waals surface area (Å²) >= 11 is 0. The van der Waals surface area contributed by atoms with E-state index in [-0.39, 0.29) is 22.9 Å². The minimum Gasteiger partial charge on any atom is -0.299 e. The summed E-state index contributed by atoms with van der Waals surface area (Å²) < 4.78 is 35.3. The van der Waals surface area contributed by atoms with Gasteiger partial charge in [0.1, 0.15) is 5.78 Å². The molecule has 3 aromatic carbocycles. The van der Waals surface area contributed by atoms with Crippen LogP contribution in [0.4, 0.5) is 0 Å². The van der Waals surface area contributed by atoms with Crippen LogP contribution >= 0.6 is 10.3 Å². The van der Waals surface area contributed by atoms with Gasteiger partial charge < -0.3 is 0 Å². The first-order valence-electron chi connectivity index (χ1n) is 16.6. The largest absolute Gasteiger partial charge is 0.299 e. The van der Waals surface area contributed by atoms with E-state index in [1.54, 1.807) is 0 Å². The molecule has 2 atom stereocenters. The maximum atomic E-state index is 14.3. The Morgan fingerprint density at radius 1 is 0.727 bits per heavy atom. The second kappa shape index (κ2) is 13.9. The van der Waals surface area contributed by atoms with Crippen molar-refractivity contribution in [3.05, 3.63) is 90.5 Å². The molecule has 0 N–H and O–H groups in total. The summed E-state index contributed by atoms with van der Waals surface area (Å²) in [6.45, 7) is 6.40. The zero-order valence-electron chi connectivity index (χ0n) is 26.8. The number of aryl methyl sites for hydroxylation is 1. The summed E-state index contributed by atoms with van der Waals surface area (Å²) in [4.78, 5) is 15.8. The SMILES string of the molecule is CCCCCCCCCCc1ccc(S(OS(=O)(=O)CC23CCC(CC2=O)C3(C)C)(c2ccccc2)c2ccccc2)cc1. The van der Waals surface area contributed by atoms with Crippen LogP contribution < -0.4 is 0 Å². The van der Waals surface area contributed by atoms with Crippen LogP contribution in [0, 0.1) is 16.7 Å². The highest BCUT2D eigenvalue weighted by molar-refractivity contribution is 8.33. The topological polar surface area (TPSA) is 60.4 Å². The van der Waals surface area contributed by atoms with Crippen LogP contribution in [0.5, 0.6) is 0 Å². The van der Waals surface area contributed by atoms with Gasteiger partial charge in [0.05, 0.1) is 11.2 Å². The molecule has 2 bridgehead atoms. The summed E-state index contributed by atoms with van der Waals surface area (Å²) in [5.74, 6) is 0.0446. The predicted octanol–water partition coefficient (Wildman–Crippen LogP) is 10.3. The third kappa shape index (κ3) is 6.59. The Labute approximate surface area is 267 Å². The van der Waals surface area contributed by atoms with Gasteiger partial charge >= 0.3 is 0 Å². The van der Waals surface area contributed by atoms with Crippen molar-refractivity contribution < 1.29 is 16.8 Å². The van der Waals surface area contributed by atoms with Crippen molar-refractivity contribution in [1.82, 2.24) is 0 Å². The van der Waals surface area contributed by atoms with E-state index < -0.39 is 25.8 Å². The average molecular weight is 635 g/mol. The molecule has 2 saturated carbocycles. The number of hydrogen-bond donors (Lipinski definition) is 0. The number of unbranched alkanes of at least 4 members (excludes halogenated alkanes) is 7. The summed E-state index contributed by atoms with van der Waals surface area (Å²) in [5.41, 5.74) is -0.00411. The van der Waals surface area contributed by atoms with E-state index in [4.69, 9.17) is 3.63 Å². The Balaban J connectivity index is 1.45. The number of Topliss-reactive ketones (excluding diaryl/α,β-unsaturated/α-hetero) is 1. The molecule has 0 radical (unpaired) electrons. The summed E-state index contributed by atoms with van der Waals surface area (Å²) in [6, 6.07) is 28.0. The second-order valence-corrected chi connectivity index (χ2v) is 18.0. The van der Waals surface area contributed by atoms with Crippen LogP contribution in [-0.4, -0.2) is 20.0 Å². The lowest BCUT2D eigenvalue weighted by Crippen LogP contribution is -2.42. The molecule has 6 heteroatoms. The van der Waals surface area contributed by atoms with E-state index in [0.29, 0.717) is 12.8 Å². The van der Waals surface area contributed by atoms with E-state index in [2.05, 4.69) is 45.0 Å². The van der Waals surface area contributed by atoms with Crippen LogP contribution in [0.25, 0.3) is 0 Å². The van der Waals surface area contributed by atoms with Gasteiger partial charge in [-0.1, -0.05) is 114 Å². The standard InChI is InChI=1S/C38H50O4S2/c1-4-5-6-7-8-9-10-13-18-31-23-25-35(26-24-31)44(33-19-14-11-15-20-33,34-21-16-12-17-22-34)42-43(40,41)30-38-28-27-32(29-36(38)39)37(38,2)3/h11-12,14-17,19-26,32H,4-10,13,18,27-30H2,1-3H3. The number of hydrogen-bond acceptors (Lipinski definition) is 4. The lowest BCUT2D eigenvalue weighted by molar-refractivity contribution is -0.128. The molecule has 2 unspecified atom stereocenters. The zero-order chi connectivity index (χ0) is 31.3. The zero-order valence-corrected chi connectivity index (χ0v) is 28.4. The fourth-order valence-corrected chi connectivity index (χ4v) is 13.7. The van der Waals surface area contributed by atoms with Gasteiger partial charge in [-0.2, -0.15) is 8.42 Å². The molecule has 2 fully saturated rings. The molecular formula is C38H50O4S2. The molecule has 44 heavy (non-hydrogen) atoms. The van der Waals surface area contributed by atoms with Crippen LogP contribution in [-0.2, 0) is 25.0 Å². The van der Waals surface area contributed by atoms with Gasteiger partial charge in [-0.15, -0.1) is 0 Å². The van der Waals surface area contributed by atoms with Crippen LogP contribution in [0.1, 0.15) is 97.0 Å². The van der Waals surface area contributed by atoms with E-state index >= 15 is 0 Å². The van der Waals surface area contributed by atoms with Gasteiger partial charge in [0.2, 0.25) is 0 Å². The number of fused-ring (bicyclic) bond motifs is 2. The molecule has 3 aromatic rings. The fourth-order valence-electron chi connectivity index (χ4n) is 7.65. The molecule has 238 valence electrons. The van der Waals surface area contributed by atoms with Gasteiger partial charge in [0.15, 0.2) is 0 Å². The maximum absolute atomic E-state index is 14.3. The Bertz CT molecular complexity index is 1440. The number of carbonyl (C=O) groups excluding carboxylic acids is 1. The van der Waals surface area contributed by atoms with Crippen molar-refractivity contribution in [2.75, 3.05) is 5.75 Å². The highest BCUT2D eigenvalue weighted by Crippen LogP contribution is 2.71. The Morgan fingerprint density at radius 2 is 1.25 bits per heavy atom. The molecular weight excluding hydrogens is 585 g/mol. The van der Waals surface area contributed by atoms with E-state index in [0.717, 1.165) is 33.9 Å². The van der Waals surface area contributed by atoms with E-state index in [1.165, 1.54) is 50.5 Å². The van der Waals surface area contributed by atoms with Crippen molar-refractivity contribution in [3.8, 4) is 0 Å². The third-order valence-corrected chi connectivity index (χ3v) is 15.8. The average Bonchev–Trinajstić information content (AvgIpc) is 3.37. The predicted molar refractivity (Wildman–Crippen MR) is 181 cm³/mol. The third-order valence-electron chi connectivity index (χ3n) is 10.5. The molecule has 2 aliphatic rings. The first kappa shape index (κ1) is 33.0. The number of ketones is 1. The smallest absolute Gasteiger partial charge is 0.278 e. The molecule has 0 aliphatic heterocycles. The quantitative estimate of drug-likeness (QED) is 0.147. The van der Waals surface area contributed by atoms with Gasteiger partial charge in [-0.25, -0.2) is 3.63 Å². The lowest BCUT2D eigenvalue weighted by Gasteiger charge is -2.41. The van der Waals surface area contributed by atoms with Gasteiger partial charge in [-0.3, -0.25) is 4.79 Å². The fraction of sp³-hybridized carbons (Fsp3) is 0.500. The van der Waals surface area contributed by atoms with Crippen LogP contribution in [0.15, 0.2) is 99.6 Å². The molecule has 0 saturated heterocycles. The number of benzene rings is 3. The number of rotatable bonds is 16. The van der Waals surface area contributed by atoms with Gasteiger partial charge in [-0.05, 0) is 89.3 Å². The van der Waals surface area contributed by atoms with Crippen molar-refractivity contribution >= 4 is 26.2 Å². The molecule has 2 aliphatic carbocycles. The van der Waals surface area contributed by atoms with E-state index in [9.17, 15) is 13.2 Å². The van der Waals surface area contributed by atoms with Crippen molar-refractivity contribution in [2.24, 2.45) is 16.7 Å². The lowest BCUT2D eigenvalue weighted by atomic mass is 9.70. The minimum atomic E-state index is -4.14. The molecule has 0 spiro atoms. The second-order valence-electron chi connectivity index (χ2n) is 13.5. The van der Waals surface area contributed by atoms with Crippen LogP contribution in [0.3, 0.4) is 0 Å². The van der Waals surface area contributed by atoms with Gasteiger partial charge in [0, 0.05) is 21.1 Å². The maximum Gasteiger partial charge on any atom is 0.278 e. The highest BCUT2D eigenvalue weighted by Gasteiger charge is 2.65. The summed E-state index contributed by atoms with van der Waals surface area (Å²) in [6.07, 6.45) is 13.3. The van der Waals surface area contributed by atoms with Crippen molar-refractivity contribution in [1.29, 1.82) is 0 Å².